The Labute approximate surface area is 226 Å². The number of aromatic nitrogens is 1. The van der Waals surface area contributed by atoms with Gasteiger partial charge in [-0.15, -0.1) is 0 Å². The first-order valence-corrected chi connectivity index (χ1v) is 12.6. The van der Waals surface area contributed by atoms with Gasteiger partial charge in [0.25, 0.3) is 5.91 Å². The van der Waals surface area contributed by atoms with E-state index in [-0.39, 0.29) is 30.4 Å². The largest absolute Gasteiger partial charge is 0.493 e. The lowest BCUT2D eigenvalue weighted by Crippen LogP contribution is -2.47. The lowest BCUT2D eigenvalue weighted by Gasteiger charge is -2.30. The molecule has 0 spiro atoms. The summed E-state index contributed by atoms with van der Waals surface area (Å²) in [4.78, 5) is 41.5. The van der Waals surface area contributed by atoms with E-state index in [2.05, 4.69) is 10.3 Å². The predicted octanol–water partition coefficient (Wildman–Crippen LogP) is 2.29. The summed E-state index contributed by atoms with van der Waals surface area (Å²) in [6.45, 7) is 4.73. The van der Waals surface area contributed by atoms with E-state index in [1.807, 2.05) is 37.3 Å². The normalized spacial score (nSPS) is 21.4. The summed E-state index contributed by atoms with van der Waals surface area (Å²) in [5.41, 5.74) is -0.184. The van der Waals surface area contributed by atoms with Crippen LogP contribution in [-0.2, 0) is 28.5 Å². The number of nitrogens with zero attached hydrogens (tertiary/aromatic N) is 1. The van der Waals surface area contributed by atoms with Crippen LogP contribution < -0.4 is 19.5 Å². The average molecular weight is 547 g/mol. The summed E-state index contributed by atoms with van der Waals surface area (Å²) < 4.78 is 39.1. The molecule has 0 unspecified atom stereocenters. The summed E-state index contributed by atoms with van der Waals surface area (Å²) in [6.07, 6.45) is 0.177. The van der Waals surface area contributed by atoms with Crippen molar-refractivity contribution in [3.63, 3.8) is 0 Å². The van der Waals surface area contributed by atoms with E-state index < -0.39 is 49.0 Å². The molecule has 4 atom stereocenters. The van der Waals surface area contributed by atoms with E-state index in [1.165, 1.54) is 26.3 Å². The van der Waals surface area contributed by atoms with Crippen molar-refractivity contribution in [1.82, 2.24) is 10.3 Å². The van der Waals surface area contributed by atoms with Gasteiger partial charge in [0.2, 0.25) is 6.79 Å². The number of esters is 2. The number of hydrogen-bond acceptors (Lipinski definition) is 11. The molecule has 1 aromatic carbocycles. The van der Waals surface area contributed by atoms with Crippen molar-refractivity contribution in [2.24, 2.45) is 0 Å². The minimum atomic E-state index is -1.17. The first-order valence-electron chi connectivity index (χ1n) is 12.6. The van der Waals surface area contributed by atoms with Gasteiger partial charge >= 0.3 is 11.9 Å². The molecule has 1 aliphatic rings. The number of nitrogens with one attached hydrogen (secondary N) is 1. The van der Waals surface area contributed by atoms with Crippen molar-refractivity contribution in [3.8, 4) is 17.2 Å². The second kappa shape index (κ2) is 14.9. The van der Waals surface area contributed by atoms with Crippen LogP contribution in [0.25, 0.3) is 0 Å². The van der Waals surface area contributed by atoms with Gasteiger partial charge < -0.3 is 38.5 Å². The average Bonchev–Trinajstić information content (AvgIpc) is 2.96. The minimum absolute atomic E-state index is 0.0613. The van der Waals surface area contributed by atoms with E-state index in [4.69, 9.17) is 33.2 Å². The summed E-state index contributed by atoms with van der Waals surface area (Å²) in [7, 11) is 1.38. The van der Waals surface area contributed by atoms with Crippen LogP contribution in [0.4, 0.5) is 0 Å². The number of hydrogen-bond donors (Lipinski definition) is 1. The Balaban J connectivity index is 1.77. The van der Waals surface area contributed by atoms with Gasteiger partial charge in [0.15, 0.2) is 29.3 Å². The molecule has 39 heavy (non-hydrogen) atoms. The van der Waals surface area contributed by atoms with Crippen LogP contribution in [0.3, 0.4) is 0 Å². The summed E-state index contributed by atoms with van der Waals surface area (Å²) in [5.74, 6) is -1.30. The lowest BCUT2D eigenvalue weighted by molar-refractivity contribution is -0.162. The van der Waals surface area contributed by atoms with Crippen LogP contribution in [0.15, 0.2) is 42.6 Å². The van der Waals surface area contributed by atoms with E-state index in [0.29, 0.717) is 12.4 Å². The third kappa shape index (κ3) is 8.55. The van der Waals surface area contributed by atoms with Crippen LogP contribution in [-0.4, -0.2) is 80.9 Å². The fourth-order valence-electron chi connectivity index (χ4n) is 3.76. The van der Waals surface area contributed by atoms with Gasteiger partial charge in [0.1, 0.15) is 18.0 Å². The molecule has 1 saturated heterocycles. The number of benzene rings is 1. The smallest absolute Gasteiger partial charge is 0.331 e. The van der Waals surface area contributed by atoms with Crippen LogP contribution in [0.5, 0.6) is 17.2 Å². The zero-order valence-corrected chi connectivity index (χ0v) is 22.4. The van der Waals surface area contributed by atoms with Crippen molar-refractivity contribution in [2.45, 2.75) is 51.5 Å². The number of carbonyl (C=O) groups excluding carboxylic acids is 3. The van der Waals surface area contributed by atoms with Gasteiger partial charge in [-0.3, -0.25) is 9.59 Å². The number of carbonyl (C=O) groups is 3. The second-order valence-corrected chi connectivity index (χ2v) is 8.60. The number of para-hydroxylation sites is 1. The molecule has 12 nitrogen and oxygen atoms in total. The third-order valence-electron chi connectivity index (χ3n) is 5.60. The zero-order chi connectivity index (χ0) is 28.2. The summed E-state index contributed by atoms with van der Waals surface area (Å²) in [5, 5.41) is 2.59. The quantitative estimate of drug-likeness (QED) is 0.328. The Kier molecular flexibility index (Phi) is 11.3. The Morgan fingerprint density at radius 1 is 1.15 bits per heavy atom. The third-order valence-corrected chi connectivity index (χ3v) is 5.60. The highest BCUT2D eigenvalue weighted by Crippen LogP contribution is 2.29. The van der Waals surface area contributed by atoms with Crippen molar-refractivity contribution in [2.75, 3.05) is 33.7 Å². The Hall–Kier alpha value is -3.90. The molecular weight excluding hydrogens is 512 g/mol. The summed E-state index contributed by atoms with van der Waals surface area (Å²) in [6, 6.07) is 9.49. The number of rotatable bonds is 11. The summed E-state index contributed by atoms with van der Waals surface area (Å²) >= 11 is 0. The van der Waals surface area contributed by atoms with Gasteiger partial charge in [-0.25, -0.2) is 9.78 Å². The second-order valence-electron chi connectivity index (χ2n) is 8.60. The zero-order valence-electron chi connectivity index (χ0n) is 22.4. The first-order chi connectivity index (χ1) is 18.8. The standard InChI is InChI=1S/C27H34N2O10/c1-5-13-35-24-17(2)38-27(32)20(14-34-15-22(24)39-19-9-7-6-8-10-19)29-26(31)23-25(37-16-36-18(3)30)21(33-4)11-12-28-23/h6-12,17,20,22,24H,5,13-16H2,1-4H3,(H,29,31)/t17-,20-,22-,24-/m0/s1. The molecule has 0 saturated carbocycles. The maximum absolute atomic E-state index is 13.2. The number of methoxy groups -OCH3 is 1. The molecule has 1 N–H and O–H groups in total. The van der Waals surface area contributed by atoms with Gasteiger partial charge in [-0.1, -0.05) is 25.1 Å². The first kappa shape index (κ1) is 29.7. The van der Waals surface area contributed by atoms with E-state index >= 15 is 0 Å². The van der Waals surface area contributed by atoms with E-state index in [0.717, 1.165) is 6.42 Å². The monoisotopic (exact) mass is 546 g/mol. The molecular formula is C27H34N2O10. The molecule has 12 heteroatoms. The van der Waals surface area contributed by atoms with Crippen molar-refractivity contribution in [3.05, 3.63) is 48.3 Å². The highest BCUT2D eigenvalue weighted by atomic mass is 16.7. The Morgan fingerprint density at radius 3 is 2.62 bits per heavy atom. The topological polar surface area (TPSA) is 141 Å². The number of pyridine rings is 1. The molecule has 1 amide bonds. The Morgan fingerprint density at radius 2 is 1.92 bits per heavy atom. The van der Waals surface area contributed by atoms with Crippen LogP contribution in [0.2, 0.25) is 0 Å². The fraction of sp³-hybridized carbons (Fsp3) is 0.481. The van der Waals surface area contributed by atoms with Crippen LogP contribution >= 0.6 is 0 Å². The van der Waals surface area contributed by atoms with Gasteiger partial charge in [0, 0.05) is 25.8 Å². The molecule has 1 aromatic heterocycles. The molecule has 2 aromatic rings. The van der Waals surface area contributed by atoms with Gasteiger partial charge in [-0.2, -0.15) is 0 Å². The maximum atomic E-state index is 13.2. The van der Waals surface area contributed by atoms with Crippen LogP contribution in [0, 0.1) is 0 Å². The van der Waals surface area contributed by atoms with Crippen molar-refractivity contribution in [1.29, 1.82) is 0 Å². The number of amides is 1. The number of cyclic esters (lactones) is 1. The van der Waals surface area contributed by atoms with Crippen molar-refractivity contribution < 1.29 is 47.5 Å². The minimum Gasteiger partial charge on any atom is -0.493 e. The maximum Gasteiger partial charge on any atom is 0.331 e. The van der Waals surface area contributed by atoms with Crippen LogP contribution in [0.1, 0.15) is 37.7 Å². The predicted molar refractivity (Wildman–Crippen MR) is 137 cm³/mol. The van der Waals surface area contributed by atoms with Crippen molar-refractivity contribution >= 4 is 17.8 Å². The molecule has 0 radical (unpaired) electrons. The fourth-order valence-corrected chi connectivity index (χ4v) is 3.76. The molecule has 1 fully saturated rings. The molecule has 2 heterocycles. The highest BCUT2D eigenvalue weighted by Gasteiger charge is 2.37. The highest BCUT2D eigenvalue weighted by molar-refractivity contribution is 5.98. The number of ether oxygens (including phenoxy) is 7. The Bertz CT molecular complexity index is 1100. The van der Waals surface area contributed by atoms with Gasteiger partial charge in [-0.05, 0) is 25.5 Å². The molecule has 0 aliphatic carbocycles. The molecule has 0 bridgehead atoms. The lowest BCUT2D eigenvalue weighted by atomic mass is 10.1. The van der Waals surface area contributed by atoms with Gasteiger partial charge in [0.05, 0.1) is 20.3 Å². The molecule has 3 rings (SSSR count). The van der Waals surface area contributed by atoms with E-state index in [9.17, 15) is 14.4 Å². The van der Waals surface area contributed by atoms with E-state index in [1.54, 1.807) is 6.92 Å². The molecule has 1 aliphatic heterocycles. The SMILES string of the molecule is CCCO[C@H]1[C@H](C)OC(=O)[C@@H](NC(=O)c2nccc(OC)c2OCOC(C)=O)COC[C@@H]1Oc1ccccc1. The molecule has 212 valence electrons.